The molecule has 0 fully saturated rings. The number of ether oxygens (including phenoxy) is 1. The second kappa shape index (κ2) is 7.53. The van der Waals surface area contributed by atoms with E-state index in [9.17, 15) is 9.59 Å². The Morgan fingerprint density at radius 2 is 2.00 bits per heavy atom. The molecule has 0 radical (unpaired) electrons. The normalized spacial score (nSPS) is 23.0. The Hall–Kier alpha value is -1.65. The number of benzene rings is 1. The fraction of sp³-hybridized carbons (Fsp3) is 0.450. The number of hydrogen-bond donors (Lipinski definition) is 0. The molecule has 1 aromatic carbocycles. The monoisotopic (exact) mass is 393 g/mol. The van der Waals surface area contributed by atoms with Crippen LogP contribution in [-0.2, 0) is 14.3 Å². The van der Waals surface area contributed by atoms with Crippen LogP contribution in [0.1, 0.15) is 51.5 Å². The summed E-state index contributed by atoms with van der Waals surface area (Å²) in [5.74, 6) is -1.52. The Labute approximate surface area is 163 Å². The van der Waals surface area contributed by atoms with Gasteiger partial charge in [0.2, 0.25) is 0 Å². The maximum Gasteiger partial charge on any atom is 0.315 e. The first kappa shape index (κ1) is 19.1. The zero-order chi connectivity index (χ0) is 19.0. The van der Waals surface area contributed by atoms with Gasteiger partial charge in [0, 0.05) is 39.4 Å². The van der Waals surface area contributed by atoms with Crippen molar-refractivity contribution in [2.45, 2.75) is 52.1 Å². The molecule has 26 heavy (non-hydrogen) atoms. The molecule has 1 heterocycles. The van der Waals surface area contributed by atoms with Gasteiger partial charge in [0.25, 0.3) is 0 Å². The SMILES string of the molecule is CC1=NC2=C(C(=O)CCC2)[C@H](c2ccc(Cl)cc2Cl)C1C(=O)OC(C)C. The van der Waals surface area contributed by atoms with E-state index in [0.29, 0.717) is 33.3 Å². The van der Waals surface area contributed by atoms with Crippen LogP contribution < -0.4 is 0 Å². The number of esters is 1. The summed E-state index contributed by atoms with van der Waals surface area (Å²) in [4.78, 5) is 30.2. The van der Waals surface area contributed by atoms with Crippen LogP contribution >= 0.6 is 23.2 Å². The van der Waals surface area contributed by atoms with Crippen molar-refractivity contribution >= 4 is 40.7 Å². The number of ketones is 1. The van der Waals surface area contributed by atoms with Crippen LogP contribution in [0.2, 0.25) is 10.0 Å². The number of nitrogens with zero attached hydrogens (tertiary/aromatic N) is 1. The number of allylic oxidation sites excluding steroid dienone is 2. The molecule has 0 spiro atoms. The number of hydrogen-bond acceptors (Lipinski definition) is 4. The van der Waals surface area contributed by atoms with Gasteiger partial charge in [-0.25, -0.2) is 0 Å². The lowest BCUT2D eigenvalue weighted by atomic mass is 9.71. The van der Waals surface area contributed by atoms with E-state index in [1.807, 2.05) is 6.92 Å². The second-order valence-corrected chi connectivity index (χ2v) is 7.84. The third-order valence-corrected chi connectivity index (χ3v) is 5.30. The molecule has 0 bridgehead atoms. The number of rotatable bonds is 3. The van der Waals surface area contributed by atoms with E-state index in [2.05, 4.69) is 4.99 Å². The topological polar surface area (TPSA) is 55.7 Å². The molecule has 138 valence electrons. The number of carbonyl (C=O) groups excluding carboxylic acids is 2. The predicted octanol–water partition coefficient (Wildman–Crippen LogP) is 5.13. The summed E-state index contributed by atoms with van der Waals surface area (Å²) >= 11 is 12.5. The second-order valence-electron chi connectivity index (χ2n) is 7.00. The minimum atomic E-state index is -0.670. The average molecular weight is 394 g/mol. The van der Waals surface area contributed by atoms with E-state index in [4.69, 9.17) is 27.9 Å². The number of halogens is 2. The van der Waals surface area contributed by atoms with Gasteiger partial charge in [0.05, 0.1) is 6.10 Å². The van der Waals surface area contributed by atoms with Crippen molar-refractivity contribution < 1.29 is 14.3 Å². The number of Topliss-reactive ketones (excluding diaryl/α,β-unsaturated/α-hetero) is 1. The fourth-order valence-corrected chi connectivity index (χ4v) is 4.23. The maximum atomic E-state index is 12.9. The molecule has 0 amide bonds. The van der Waals surface area contributed by atoms with Crippen molar-refractivity contribution in [3.8, 4) is 0 Å². The lowest BCUT2D eigenvalue weighted by Gasteiger charge is -2.35. The lowest BCUT2D eigenvalue weighted by molar-refractivity contribution is -0.150. The molecular formula is C20H21Cl2NO3. The predicted molar refractivity (Wildman–Crippen MR) is 103 cm³/mol. The Balaban J connectivity index is 2.17. The van der Waals surface area contributed by atoms with Crippen LogP contribution in [0, 0.1) is 5.92 Å². The number of carbonyl (C=O) groups is 2. The van der Waals surface area contributed by atoms with Gasteiger partial charge in [-0.15, -0.1) is 0 Å². The Bertz CT molecular complexity index is 826. The molecule has 6 heteroatoms. The molecule has 2 aliphatic rings. The molecule has 0 aromatic heterocycles. The molecule has 1 aliphatic carbocycles. The summed E-state index contributed by atoms with van der Waals surface area (Å²) in [6, 6.07) is 5.15. The smallest absolute Gasteiger partial charge is 0.315 e. The highest BCUT2D eigenvalue weighted by Crippen LogP contribution is 2.45. The van der Waals surface area contributed by atoms with Gasteiger partial charge in [-0.05, 0) is 51.3 Å². The molecule has 2 atom stereocenters. The van der Waals surface area contributed by atoms with Crippen LogP contribution in [0.3, 0.4) is 0 Å². The average Bonchev–Trinajstić information content (AvgIpc) is 2.53. The zero-order valence-corrected chi connectivity index (χ0v) is 16.5. The molecule has 4 nitrogen and oxygen atoms in total. The lowest BCUT2D eigenvalue weighted by Crippen LogP contribution is -2.38. The molecule has 1 aromatic rings. The fourth-order valence-electron chi connectivity index (χ4n) is 3.71. The highest BCUT2D eigenvalue weighted by atomic mass is 35.5. The first-order chi connectivity index (χ1) is 12.3. The van der Waals surface area contributed by atoms with E-state index in [1.165, 1.54) is 0 Å². The third-order valence-electron chi connectivity index (χ3n) is 4.74. The first-order valence-electron chi connectivity index (χ1n) is 8.76. The van der Waals surface area contributed by atoms with Crippen LogP contribution in [0.4, 0.5) is 0 Å². The standard InChI is InChI=1S/C20H21Cl2NO3/c1-10(2)26-20(25)17-11(3)23-15-5-4-6-16(24)19(15)18(17)13-8-7-12(21)9-14(13)22/h7-10,17-18H,4-6H2,1-3H3/t17?,18-/m1/s1. The minimum absolute atomic E-state index is 0.0286. The molecular weight excluding hydrogens is 373 g/mol. The quantitative estimate of drug-likeness (QED) is 0.668. The van der Waals surface area contributed by atoms with Crippen LogP contribution in [-0.4, -0.2) is 23.6 Å². The third kappa shape index (κ3) is 3.58. The Morgan fingerprint density at radius 1 is 1.27 bits per heavy atom. The Morgan fingerprint density at radius 3 is 2.65 bits per heavy atom. The van der Waals surface area contributed by atoms with Crippen molar-refractivity contribution in [1.29, 1.82) is 0 Å². The van der Waals surface area contributed by atoms with Crippen molar-refractivity contribution in [2.24, 2.45) is 10.9 Å². The molecule has 1 unspecified atom stereocenters. The molecule has 0 N–H and O–H groups in total. The van der Waals surface area contributed by atoms with Gasteiger partial charge in [0.1, 0.15) is 5.92 Å². The van der Waals surface area contributed by atoms with Crippen LogP contribution in [0.25, 0.3) is 0 Å². The number of aliphatic imine (C=N–C) groups is 1. The van der Waals surface area contributed by atoms with Gasteiger partial charge in [-0.3, -0.25) is 14.6 Å². The highest BCUT2D eigenvalue weighted by molar-refractivity contribution is 6.35. The molecule has 0 saturated heterocycles. The zero-order valence-electron chi connectivity index (χ0n) is 15.0. The van der Waals surface area contributed by atoms with Gasteiger partial charge in [0.15, 0.2) is 5.78 Å². The van der Waals surface area contributed by atoms with Gasteiger partial charge in [-0.1, -0.05) is 29.3 Å². The first-order valence-corrected chi connectivity index (χ1v) is 9.52. The van der Waals surface area contributed by atoms with Gasteiger partial charge >= 0.3 is 5.97 Å². The summed E-state index contributed by atoms with van der Waals surface area (Å²) in [6.45, 7) is 5.41. The summed E-state index contributed by atoms with van der Waals surface area (Å²) in [7, 11) is 0. The highest BCUT2D eigenvalue weighted by Gasteiger charge is 2.44. The molecule has 1 aliphatic heterocycles. The maximum absolute atomic E-state index is 12.9. The summed E-state index contributed by atoms with van der Waals surface area (Å²) in [5, 5.41) is 0.940. The van der Waals surface area contributed by atoms with E-state index in [1.54, 1.807) is 32.0 Å². The van der Waals surface area contributed by atoms with Crippen LogP contribution in [0.5, 0.6) is 0 Å². The van der Waals surface area contributed by atoms with E-state index >= 15 is 0 Å². The summed E-state index contributed by atoms with van der Waals surface area (Å²) in [5.41, 5.74) is 2.72. The molecule has 3 rings (SSSR count). The van der Waals surface area contributed by atoms with Crippen molar-refractivity contribution in [3.63, 3.8) is 0 Å². The summed E-state index contributed by atoms with van der Waals surface area (Å²) in [6.07, 6.45) is 1.71. The molecule has 0 saturated carbocycles. The van der Waals surface area contributed by atoms with Crippen molar-refractivity contribution in [3.05, 3.63) is 45.1 Å². The van der Waals surface area contributed by atoms with Gasteiger partial charge < -0.3 is 4.74 Å². The van der Waals surface area contributed by atoms with Crippen molar-refractivity contribution in [1.82, 2.24) is 0 Å². The van der Waals surface area contributed by atoms with E-state index in [0.717, 1.165) is 18.5 Å². The largest absolute Gasteiger partial charge is 0.462 e. The Kier molecular flexibility index (Phi) is 5.54. The van der Waals surface area contributed by atoms with Crippen molar-refractivity contribution in [2.75, 3.05) is 0 Å². The van der Waals surface area contributed by atoms with E-state index in [-0.39, 0.29) is 17.9 Å². The van der Waals surface area contributed by atoms with Crippen LogP contribution in [0.15, 0.2) is 34.5 Å². The summed E-state index contributed by atoms with van der Waals surface area (Å²) < 4.78 is 5.47. The van der Waals surface area contributed by atoms with E-state index < -0.39 is 11.8 Å². The van der Waals surface area contributed by atoms with Gasteiger partial charge in [-0.2, -0.15) is 0 Å². The minimum Gasteiger partial charge on any atom is -0.462 e.